The van der Waals surface area contributed by atoms with Crippen molar-refractivity contribution in [1.29, 1.82) is 5.26 Å². The van der Waals surface area contributed by atoms with Crippen molar-refractivity contribution in [2.75, 3.05) is 0 Å². The van der Waals surface area contributed by atoms with Crippen molar-refractivity contribution < 1.29 is 0 Å². The number of nitriles is 1. The van der Waals surface area contributed by atoms with Gasteiger partial charge < -0.3 is 4.57 Å². The molecule has 5 aromatic carbocycles. The predicted octanol–water partition coefficient (Wildman–Crippen LogP) is 10.7. The monoisotopic (exact) mass is 599 g/mol. The minimum Gasteiger partial charge on any atom is -0.309 e. The number of hydrogen-bond donors (Lipinski definition) is 0. The topological polar surface area (TPSA) is 58.9 Å². The summed E-state index contributed by atoms with van der Waals surface area (Å²) in [5.41, 5.74) is 12.5. The molecule has 0 radical (unpaired) electrons. The van der Waals surface area contributed by atoms with Crippen LogP contribution >= 0.6 is 0 Å². The highest BCUT2D eigenvalue weighted by Gasteiger charge is 2.15. The summed E-state index contributed by atoms with van der Waals surface area (Å²) in [6.07, 6.45) is 3.36. The summed E-state index contributed by atoms with van der Waals surface area (Å²) in [5, 5.41) is 11.7. The van der Waals surface area contributed by atoms with E-state index in [1.807, 2.05) is 18.2 Å². The molecule has 218 valence electrons. The Morgan fingerprint density at radius 3 is 1.60 bits per heavy atom. The standard InChI is InChI=1S/C42H25N5/c1-44-35-20-22-46-40(26-35)32-13-9-30(10-14-32)34-16-18-38-37-17-15-33(24-41(37)47(42(38)25-34)36-5-3-2-4-6-36)29-7-11-31(12-8-29)39-23-28(27-43)19-21-45-39/h2-26H. The quantitative estimate of drug-likeness (QED) is 0.185. The van der Waals surface area contributed by atoms with E-state index in [4.69, 9.17) is 6.57 Å². The van der Waals surface area contributed by atoms with Gasteiger partial charge in [0.05, 0.1) is 40.6 Å². The molecular weight excluding hydrogens is 574 g/mol. The largest absolute Gasteiger partial charge is 0.309 e. The van der Waals surface area contributed by atoms with Crippen LogP contribution in [0.4, 0.5) is 5.69 Å². The molecule has 8 rings (SSSR count). The highest BCUT2D eigenvalue weighted by Crippen LogP contribution is 2.37. The van der Waals surface area contributed by atoms with Gasteiger partial charge in [-0.2, -0.15) is 5.26 Å². The van der Waals surface area contributed by atoms with E-state index in [2.05, 4.69) is 135 Å². The highest BCUT2D eigenvalue weighted by molar-refractivity contribution is 6.11. The number of rotatable bonds is 5. The van der Waals surface area contributed by atoms with Gasteiger partial charge in [0, 0.05) is 34.4 Å². The molecule has 0 saturated carbocycles. The molecule has 3 aromatic heterocycles. The zero-order chi connectivity index (χ0) is 31.7. The summed E-state index contributed by atoms with van der Waals surface area (Å²) in [5.74, 6) is 0. The van der Waals surface area contributed by atoms with E-state index in [1.165, 1.54) is 10.8 Å². The fourth-order valence-electron chi connectivity index (χ4n) is 6.20. The maximum absolute atomic E-state index is 9.29. The average molecular weight is 600 g/mol. The van der Waals surface area contributed by atoms with Crippen LogP contribution in [0.3, 0.4) is 0 Å². The SMILES string of the molecule is [C-]#[N+]c1ccnc(-c2ccc(-c3ccc4c5ccc(-c6ccc(-c7cc(C#N)ccn7)cc6)cc5n(-c5ccccc5)c4c3)cc2)c1. The Morgan fingerprint density at radius 1 is 0.532 bits per heavy atom. The molecule has 47 heavy (non-hydrogen) atoms. The second-order valence-electron chi connectivity index (χ2n) is 11.3. The van der Waals surface area contributed by atoms with Crippen LogP contribution in [0.15, 0.2) is 152 Å². The van der Waals surface area contributed by atoms with Crippen molar-refractivity contribution >= 4 is 27.5 Å². The van der Waals surface area contributed by atoms with E-state index in [0.717, 1.165) is 61.5 Å². The van der Waals surface area contributed by atoms with Crippen LogP contribution in [-0.2, 0) is 0 Å². The van der Waals surface area contributed by atoms with Crippen LogP contribution in [0.5, 0.6) is 0 Å². The number of benzene rings is 5. The van der Waals surface area contributed by atoms with Crippen molar-refractivity contribution in [2.24, 2.45) is 0 Å². The van der Waals surface area contributed by atoms with Gasteiger partial charge in [-0.3, -0.25) is 9.97 Å². The first-order valence-electron chi connectivity index (χ1n) is 15.2. The van der Waals surface area contributed by atoms with Crippen LogP contribution < -0.4 is 0 Å². The maximum Gasteiger partial charge on any atom is 0.190 e. The van der Waals surface area contributed by atoms with Crippen LogP contribution in [-0.4, -0.2) is 14.5 Å². The van der Waals surface area contributed by atoms with Crippen molar-refractivity contribution in [3.8, 4) is 56.5 Å². The maximum atomic E-state index is 9.29. The molecule has 0 atom stereocenters. The molecule has 8 aromatic rings. The number of pyridine rings is 2. The molecule has 0 aliphatic carbocycles. The smallest absolute Gasteiger partial charge is 0.190 e. The first-order chi connectivity index (χ1) is 23.2. The molecule has 0 fully saturated rings. The zero-order valence-corrected chi connectivity index (χ0v) is 25.2. The van der Waals surface area contributed by atoms with Gasteiger partial charge in [0.15, 0.2) is 5.69 Å². The Balaban J connectivity index is 1.21. The zero-order valence-electron chi connectivity index (χ0n) is 25.2. The van der Waals surface area contributed by atoms with Crippen LogP contribution in [0.25, 0.3) is 77.1 Å². The molecule has 0 amide bonds. The third kappa shape index (κ3) is 5.09. The number of fused-ring (bicyclic) bond motifs is 3. The second-order valence-corrected chi connectivity index (χ2v) is 11.3. The Bertz CT molecular complexity index is 2360. The van der Waals surface area contributed by atoms with Gasteiger partial charge in [-0.05, 0) is 76.3 Å². The molecule has 0 unspecified atom stereocenters. The van der Waals surface area contributed by atoms with Crippen molar-refractivity contribution in [2.45, 2.75) is 0 Å². The lowest BCUT2D eigenvalue weighted by molar-refractivity contribution is 1.18. The fraction of sp³-hybridized carbons (Fsp3) is 0. The number of para-hydroxylation sites is 1. The summed E-state index contributed by atoms with van der Waals surface area (Å²) in [6, 6.07) is 49.8. The van der Waals surface area contributed by atoms with Crippen LogP contribution in [0.1, 0.15) is 5.56 Å². The first-order valence-corrected chi connectivity index (χ1v) is 15.2. The van der Waals surface area contributed by atoms with E-state index in [9.17, 15) is 5.26 Å². The second kappa shape index (κ2) is 11.6. The molecule has 0 saturated heterocycles. The Labute approximate surface area is 272 Å². The lowest BCUT2D eigenvalue weighted by Crippen LogP contribution is -1.94. The minimum atomic E-state index is 0.582. The number of aromatic nitrogens is 3. The molecule has 0 spiro atoms. The lowest BCUT2D eigenvalue weighted by Gasteiger charge is -2.10. The average Bonchev–Trinajstić information content (AvgIpc) is 3.48. The Morgan fingerprint density at radius 2 is 1.04 bits per heavy atom. The van der Waals surface area contributed by atoms with E-state index >= 15 is 0 Å². The van der Waals surface area contributed by atoms with Crippen molar-refractivity contribution in [3.63, 3.8) is 0 Å². The van der Waals surface area contributed by atoms with E-state index in [1.54, 1.807) is 24.5 Å². The predicted molar refractivity (Wildman–Crippen MR) is 189 cm³/mol. The van der Waals surface area contributed by atoms with Gasteiger partial charge in [0.25, 0.3) is 0 Å². The Hall–Kier alpha value is -6.82. The third-order valence-electron chi connectivity index (χ3n) is 8.57. The molecule has 0 aliphatic rings. The van der Waals surface area contributed by atoms with Gasteiger partial charge in [-0.25, -0.2) is 4.85 Å². The number of nitrogens with zero attached hydrogens (tertiary/aromatic N) is 5. The molecular formula is C42H25N5. The van der Waals surface area contributed by atoms with Gasteiger partial charge in [-0.15, -0.1) is 0 Å². The third-order valence-corrected chi connectivity index (χ3v) is 8.57. The summed E-state index contributed by atoms with van der Waals surface area (Å²) >= 11 is 0. The summed E-state index contributed by atoms with van der Waals surface area (Å²) in [4.78, 5) is 12.5. The fourth-order valence-corrected chi connectivity index (χ4v) is 6.20. The first kappa shape index (κ1) is 27.7. The molecule has 0 aliphatic heterocycles. The summed E-state index contributed by atoms with van der Waals surface area (Å²) in [7, 11) is 0. The van der Waals surface area contributed by atoms with Crippen LogP contribution in [0, 0.1) is 17.9 Å². The molecule has 5 nitrogen and oxygen atoms in total. The summed E-state index contributed by atoms with van der Waals surface area (Å²) < 4.78 is 2.34. The van der Waals surface area contributed by atoms with E-state index < -0.39 is 0 Å². The van der Waals surface area contributed by atoms with Crippen molar-refractivity contribution in [3.05, 3.63) is 169 Å². The molecule has 5 heteroatoms. The van der Waals surface area contributed by atoms with Gasteiger partial charge in [-0.1, -0.05) is 91.0 Å². The highest BCUT2D eigenvalue weighted by atomic mass is 15.0. The van der Waals surface area contributed by atoms with Crippen molar-refractivity contribution in [1.82, 2.24) is 14.5 Å². The van der Waals surface area contributed by atoms with Gasteiger partial charge >= 0.3 is 0 Å². The molecule has 0 bridgehead atoms. The molecule has 3 heterocycles. The lowest BCUT2D eigenvalue weighted by atomic mass is 9.99. The van der Waals surface area contributed by atoms with E-state index in [-0.39, 0.29) is 0 Å². The number of hydrogen-bond acceptors (Lipinski definition) is 3. The molecule has 0 N–H and O–H groups in total. The van der Waals surface area contributed by atoms with Gasteiger partial charge in [0.1, 0.15) is 0 Å². The Kier molecular flexibility index (Phi) is 6.84. The minimum absolute atomic E-state index is 0.582. The summed E-state index contributed by atoms with van der Waals surface area (Å²) in [6.45, 7) is 7.32. The van der Waals surface area contributed by atoms with Crippen LogP contribution in [0.2, 0.25) is 0 Å². The van der Waals surface area contributed by atoms with Gasteiger partial charge in [0.2, 0.25) is 0 Å². The van der Waals surface area contributed by atoms with E-state index in [0.29, 0.717) is 11.3 Å². The normalized spacial score (nSPS) is 10.9.